The van der Waals surface area contributed by atoms with Crippen molar-refractivity contribution >= 4 is 16.5 Å². The number of nitrogen functional groups attached to an aromatic ring is 1. The molecule has 4 N–H and O–H groups in total. The van der Waals surface area contributed by atoms with Crippen molar-refractivity contribution in [3.8, 4) is 5.75 Å². The molecule has 4 atom stereocenters. The van der Waals surface area contributed by atoms with E-state index in [1.807, 2.05) is 12.1 Å². The third-order valence-corrected chi connectivity index (χ3v) is 7.59. The number of nitrogens with one attached hydrogen (secondary N) is 1. The van der Waals surface area contributed by atoms with Gasteiger partial charge in [0.25, 0.3) is 0 Å². The molecule has 5 nitrogen and oxygen atoms in total. The summed E-state index contributed by atoms with van der Waals surface area (Å²) in [4.78, 5) is 0. The molecular formula is C25H32F4N2O3S. The number of ether oxygens (including phenoxy) is 1. The van der Waals surface area contributed by atoms with Gasteiger partial charge < -0.3 is 20.9 Å². The second-order valence-corrected chi connectivity index (χ2v) is 11.6. The molecule has 0 bridgehead atoms. The molecule has 2 aromatic rings. The molecule has 0 amide bonds. The van der Waals surface area contributed by atoms with Gasteiger partial charge in [-0.1, -0.05) is 45.0 Å². The Balaban J connectivity index is 1.70. The highest BCUT2D eigenvalue weighted by molar-refractivity contribution is 7.85. The normalized spacial score (nSPS) is 23.3. The summed E-state index contributed by atoms with van der Waals surface area (Å²) >= 11 is 0. The fourth-order valence-electron chi connectivity index (χ4n) is 4.13. The number of nitrogens with two attached hydrogens (primary N) is 1. The number of anilines is 1. The van der Waals surface area contributed by atoms with Crippen LogP contribution in [0.1, 0.15) is 37.5 Å². The Morgan fingerprint density at radius 2 is 1.86 bits per heavy atom. The minimum absolute atomic E-state index is 0.00995. The monoisotopic (exact) mass is 516 g/mol. The van der Waals surface area contributed by atoms with Gasteiger partial charge in [0.2, 0.25) is 0 Å². The number of halogens is 4. The molecule has 0 saturated carbocycles. The molecule has 0 aliphatic carbocycles. The number of hydrogen-bond donors (Lipinski definition) is 3. The van der Waals surface area contributed by atoms with Crippen molar-refractivity contribution in [2.45, 2.75) is 57.5 Å². The van der Waals surface area contributed by atoms with Crippen LogP contribution < -0.4 is 15.8 Å². The molecule has 1 saturated heterocycles. The molecule has 3 rings (SSSR count). The Morgan fingerprint density at radius 1 is 1.14 bits per heavy atom. The summed E-state index contributed by atoms with van der Waals surface area (Å²) < 4.78 is 69.1. The van der Waals surface area contributed by atoms with Crippen LogP contribution in [0.25, 0.3) is 0 Å². The number of aliphatic hydroxyl groups is 1. The number of benzene rings is 2. The molecule has 0 aromatic heterocycles. The molecule has 1 fully saturated rings. The highest BCUT2D eigenvalue weighted by Gasteiger charge is 2.36. The first-order chi connectivity index (χ1) is 16.2. The Bertz CT molecular complexity index is 1060. The third kappa shape index (κ3) is 7.65. The van der Waals surface area contributed by atoms with Crippen molar-refractivity contribution in [2.75, 3.05) is 23.8 Å². The van der Waals surface area contributed by atoms with Gasteiger partial charge in [0.1, 0.15) is 17.3 Å². The molecule has 35 heavy (non-hydrogen) atoms. The SMILES string of the molecule is CC(C)(C)c1cccc(CN[C@H]2CS(=O)C[C@@H](Cc3cc(F)c(N)c(OCC(F)(F)F)c3)[C@@H]2O)c1. The van der Waals surface area contributed by atoms with Gasteiger partial charge in [-0.25, -0.2) is 4.39 Å². The highest BCUT2D eigenvalue weighted by Crippen LogP contribution is 2.31. The average Bonchev–Trinajstić information content (AvgIpc) is 2.75. The predicted molar refractivity (Wildman–Crippen MR) is 129 cm³/mol. The van der Waals surface area contributed by atoms with Crippen LogP contribution in [0.15, 0.2) is 36.4 Å². The van der Waals surface area contributed by atoms with Crippen molar-refractivity contribution < 1.29 is 31.6 Å². The first-order valence-electron chi connectivity index (χ1n) is 11.4. The molecular weight excluding hydrogens is 484 g/mol. The maximum atomic E-state index is 14.3. The highest BCUT2D eigenvalue weighted by atomic mass is 32.2. The lowest BCUT2D eigenvalue weighted by molar-refractivity contribution is -0.153. The Labute approximate surface area is 205 Å². The van der Waals surface area contributed by atoms with Gasteiger partial charge in [-0.2, -0.15) is 13.2 Å². The van der Waals surface area contributed by atoms with E-state index in [2.05, 4.69) is 43.0 Å². The van der Waals surface area contributed by atoms with Crippen molar-refractivity contribution in [1.29, 1.82) is 0 Å². The van der Waals surface area contributed by atoms with Crippen LogP contribution in [0.3, 0.4) is 0 Å². The Hall–Kier alpha value is -2.17. The maximum Gasteiger partial charge on any atom is 0.422 e. The first-order valence-corrected chi connectivity index (χ1v) is 12.8. The zero-order valence-corrected chi connectivity index (χ0v) is 20.8. The average molecular weight is 517 g/mol. The summed E-state index contributed by atoms with van der Waals surface area (Å²) in [6, 6.07) is 10.0. The number of rotatable bonds is 7. The Morgan fingerprint density at radius 3 is 2.51 bits per heavy atom. The summed E-state index contributed by atoms with van der Waals surface area (Å²) in [5.41, 5.74) is 7.54. The van der Waals surface area contributed by atoms with E-state index >= 15 is 0 Å². The van der Waals surface area contributed by atoms with Gasteiger partial charge in [-0.05, 0) is 40.7 Å². The molecule has 1 aliphatic rings. The van der Waals surface area contributed by atoms with E-state index in [0.29, 0.717) is 12.1 Å². The molecule has 1 aliphatic heterocycles. The standard InChI is InChI=1S/C25H32F4N2O3S/c1-24(2,3)18-6-4-5-15(8-18)11-31-20-13-35(33)12-17(23(20)32)7-16-9-19(26)22(30)21(10-16)34-14-25(27,28)29/h4-6,8-10,17,20,23,31-32H,7,11-14,30H2,1-3H3/t17-,20+,23+,35?/m1/s1. The smallest absolute Gasteiger partial charge is 0.422 e. The number of alkyl halides is 3. The van der Waals surface area contributed by atoms with Crippen molar-refractivity contribution in [1.82, 2.24) is 5.32 Å². The van der Waals surface area contributed by atoms with Gasteiger partial charge in [0.05, 0.1) is 6.10 Å². The summed E-state index contributed by atoms with van der Waals surface area (Å²) in [7, 11) is -1.22. The lowest BCUT2D eigenvalue weighted by Crippen LogP contribution is -2.53. The lowest BCUT2D eigenvalue weighted by Gasteiger charge is -2.35. The number of aliphatic hydroxyl groups excluding tert-OH is 1. The van der Waals surface area contributed by atoms with Crippen LogP contribution in [0.2, 0.25) is 0 Å². The van der Waals surface area contributed by atoms with Gasteiger partial charge in [0, 0.05) is 40.8 Å². The van der Waals surface area contributed by atoms with Crippen LogP contribution in [-0.2, 0) is 29.2 Å². The third-order valence-electron chi connectivity index (χ3n) is 6.06. The van der Waals surface area contributed by atoms with E-state index in [4.69, 9.17) is 5.73 Å². The molecule has 194 valence electrons. The first kappa shape index (κ1) is 27.4. The summed E-state index contributed by atoms with van der Waals surface area (Å²) in [6.45, 7) is 5.24. The van der Waals surface area contributed by atoms with Crippen LogP contribution in [0.5, 0.6) is 5.75 Å². The van der Waals surface area contributed by atoms with Crippen molar-refractivity contribution in [3.63, 3.8) is 0 Å². The topological polar surface area (TPSA) is 84.6 Å². The predicted octanol–water partition coefficient (Wildman–Crippen LogP) is 4.09. The van der Waals surface area contributed by atoms with Crippen LogP contribution in [-0.4, -0.2) is 45.8 Å². The maximum absolute atomic E-state index is 14.3. The van der Waals surface area contributed by atoms with Crippen molar-refractivity contribution in [2.24, 2.45) is 5.92 Å². The Kier molecular flexibility index (Phi) is 8.49. The lowest BCUT2D eigenvalue weighted by atomic mass is 9.86. The minimum Gasteiger partial charge on any atom is -0.482 e. The number of hydrogen-bond acceptors (Lipinski definition) is 5. The largest absolute Gasteiger partial charge is 0.482 e. The van der Waals surface area contributed by atoms with E-state index in [-0.39, 0.29) is 23.3 Å². The van der Waals surface area contributed by atoms with Crippen LogP contribution >= 0.6 is 0 Å². The molecule has 1 unspecified atom stereocenters. The molecule has 0 radical (unpaired) electrons. The van der Waals surface area contributed by atoms with E-state index < -0.39 is 58.9 Å². The summed E-state index contributed by atoms with van der Waals surface area (Å²) in [5, 5.41) is 14.3. The zero-order valence-electron chi connectivity index (χ0n) is 20.0. The molecule has 0 spiro atoms. The summed E-state index contributed by atoms with van der Waals surface area (Å²) in [5.74, 6) is -1.32. The second-order valence-electron chi connectivity index (χ2n) is 10.1. The molecule has 2 aromatic carbocycles. The zero-order chi connectivity index (χ0) is 26.0. The van der Waals surface area contributed by atoms with E-state index in [9.17, 15) is 26.9 Å². The fraction of sp³-hybridized carbons (Fsp3) is 0.520. The molecule has 1 heterocycles. The quantitative estimate of drug-likeness (QED) is 0.382. The van der Waals surface area contributed by atoms with Crippen LogP contribution in [0, 0.1) is 11.7 Å². The van der Waals surface area contributed by atoms with E-state index in [1.165, 1.54) is 11.6 Å². The van der Waals surface area contributed by atoms with E-state index in [1.54, 1.807) is 0 Å². The van der Waals surface area contributed by atoms with E-state index in [0.717, 1.165) is 11.6 Å². The van der Waals surface area contributed by atoms with Gasteiger partial charge >= 0.3 is 6.18 Å². The minimum atomic E-state index is -4.60. The van der Waals surface area contributed by atoms with Crippen LogP contribution in [0.4, 0.5) is 23.2 Å². The van der Waals surface area contributed by atoms with Gasteiger partial charge in [-0.15, -0.1) is 0 Å². The fourth-order valence-corrected chi connectivity index (χ4v) is 5.78. The summed E-state index contributed by atoms with van der Waals surface area (Å²) in [6.07, 6.45) is -5.36. The van der Waals surface area contributed by atoms with Gasteiger partial charge in [0.15, 0.2) is 6.61 Å². The van der Waals surface area contributed by atoms with Gasteiger partial charge in [-0.3, -0.25) is 4.21 Å². The van der Waals surface area contributed by atoms with Crippen molar-refractivity contribution in [3.05, 3.63) is 58.9 Å². The second kappa shape index (κ2) is 10.8. The molecule has 10 heteroatoms.